The number of halogens is 3. The number of rotatable bonds is 8. The van der Waals surface area contributed by atoms with Crippen LogP contribution in [0, 0.1) is 5.82 Å². The van der Waals surface area contributed by atoms with Gasteiger partial charge < -0.3 is 4.74 Å². The molecule has 0 amide bonds. The van der Waals surface area contributed by atoms with Crippen LogP contribution in [-0.2, 0) is 14.8 Å². The molecule has 1 fully saturated rings. The van der Waals surface area contributed by atoms with Gasteiger partial charge in [0.05, 0.1) is 23.8 Å². The zero-order valence-electron chi connectivity index (χ0n) is 16.7. The molecular formula is C21H25Cl2FN2O3S. The van der Waals surface area contributed by atoms with Crippen molar-refractivity contribution in [1.82, 2.24) is 4.90 Å². The van der Waals surface area contributed by atoms with Gasteiger partial charge in [-0.3, -0.25) is 9.21 Å². The monoisotopic (exact) mass is 474 g/mol. The van der Waals surface area contributed by atoms with Gasteiger partial charge in [0.1, 0.15) is 5.82 Å². The molecule has 2 aromatic rings. The Morgan fingerprint density at radius 3 is 2.40 bits per heavy atom. The molecule has 1 heterocycles. The summed E-state index contributed by atoms with van der Waals surface area (Å²) in [6.45, 7) is 5.77. The minimum atomic E-state index is -4.02. The lowest BCUT2D eigenvalue weighted by atomic mass is 10.1. The van der Waals surface area contributed by atoms with Gasteiger partial charge in [-0.1, -0.05) is 23.2 Å². The van der Waals surface area contributed by atoms with E-state index in [1.165, 1.54) is 42.5 Å². The van der Waals surface area contributed by atoms with Crippen molar-refractivity contribution in [3.8, 4) is 0 Å². The zero-order valence-corrected chi connectivity index (χ0v) is 19.1. The maximum absolute atomic E-state index is 14.7. The molecule has 9 heteroatoms. The molecule has 0 saturated carbocycles. The van der Waals surface area contributed by atoms with Crippen LogP contribution >= 0.6 is 23.2 Å². The molecule has 5 nitrogen and oxygen atoms in total. The average Bonchev–Trinajstić information content (AvgIpc) is 2.72. The molecule has 1 aliphatic rings. The van der Waals surface area contributed by atoms with Gasteiger partial charge in [0, 0.05) is 29.2 Å². The van der Waals surface area contributed by atoms with Crippen molar-refractivity contribution >= 4 is 38.9 Å². The van der Waals surface area contributed by atoms with Crippen LogP contribution in [0.4, 0.5) is 10.1 Å². The van der Waals surface area contributed by atoms with Gasteiger partial charge in [0.25, 0.3) is 10.0 Å². The van der Waals surface area contributed by atoms with Gasteiger partial charge in [0.2, 0.25) is 0 Å². The second kappa shape index (κ2) is 10.3. The Hall–Kier alpha value is -1.38. The third-order valence-corrected chi connectivity index (χ3v) is 7.55. The fraction of sp³-hybridized carbons (Fsp3) is 0.429. The molecule has 1 saturated heterocycles. The third kappa shape index (κ3) is 5.65. The zero-order chi connectivity index (χ0) is 21.7. The van der Waals surface area contributed by atoms with Crippen molar-refractivity contribution in [2.75, 3.05) is 37.2 Å². The van der Waals surface area contributed by atoms with Crippen LogP contribution in [-0.4, -0.2) is 52.2 Å². The minimum Gasteiger partial charge on any atom is -0.379 e. The summed E-state index contributed by atoms with van der Waals surface area (Å²) < 4.78 is 48.1. The van der Waals surface area contributed by atoms with Crippen molar-refractivity contribution < 1.29 is 17.5 Å². The molecular weight excluding hydrogens is 450 g/mol. The van der Waals surface area contributed by atoms with E-state index in [0.29, 0.717) is 24.7 Å². The normalized spacial score (nSPS) is 16.4. The molecule has 3 rings (SSSR count). The highest BCUT2D eigenvalue weighted by Crippen LogP contribution is 2.32. The van der Waals surface area contributed by atoms with Gasteiger partial charge in [-0.05, 0) is 68.8 Å². The standard InChI is InChI=1S/C21H25Cl2FN2O3S/c1-16(3-2-10-25-11-13-29-14-12-25)26(21-15-18(23)6-9-20(21)24)30(27,28)19-7-4-17(22)5-8-19/h4-9,15-16H,2-3,10-14H2,1H3/t16-/m1/s1. The lowest BCUT2D eigenvalue weighted by molar-refractivity contribution is 0.0370. The minimum absolute atomic E-state index is 0.0475. The van der Waals surface area contributed by atoms with Crippen LogP contribution in [0.15, 0.2) is 47.4 Å². The Kier molecular flexibility index (Phi) is 7.98. The van der Waals surface area contributed by atoms with Gasteiger partial charge in [-0.15, -0.1) is 0 Å². The molecule has 0 aromatic heterocycles. The summed E-state index contributed by atoms with van der Waals surface area (Å²) in [5.74, 6) is -0.642. The SMILES string of the molecule is C[C@H](CCCN1CCOCC1)N(c1cc(Cl)ccc1F)S(=O)(=O)c1ccc(Cl)cc1. The smallest absolute Gasteiger partial charge is 0.264 e. The van der Waals surface area contributed by atoms with Crippen molar-refractivity contribution in [2.24, 2.45) is 0 Å². The lowest BCUT2D eigenvalue weighted by Gasteiger charge is -2.32. The predicted octanol–water partition coefficient (Wildman–Crippen LogP) is 4.83. The highest BCUT2D eigenvalue weighted by Gasteiger charge is 2.31. The molecule has 0 spiro atoms. The number of morpholine rings is 1. The maximum Gasteiger partial charge on any atom is 0.264 e. The van der Waals surface area contributed by atoms with Gasteiger partial charge in [0.15, 0.2) is 0 Å². The van der Waals surface area contributed by atoms with Crippen LogP contribution in [0.25, 0.3) is 0 Å². The molecule has 1 aliphatic heterocycles. The number of anilines is 1. The van der Waals surface area contributed by atoms with Gasteiger partial charge >= 0.3 is 0 Å². The second-order valence-electron chi connectivity index (χ2n) is 7.30. The number of hydrogen-bond donors (Lipinski definition) is 0. The van der Waals surface area contributed by atoms with Crippen LogP contribution in [0.1, 0.15) is 19.8 Å². The second-order valence-corrected chi connectivity index (χ2v) is 9.98. The predicted molar refractivity (Wildman–Crippen MR) is 118 cm³/mol. The van der Waals surface area contributed by atoms with E-state index in [0.717, 1.165) is 30.4 Å². The highest BCUT2D eigenvalue weighted by molar-refractivity contribution is 7.92. The van der Waals surface area contributed by atoms with Crippen LogP contribution < -0.4 is 4.31 Å². The summed E-state index contributed by atoms with van der Waals surface area (Å²) >= 11 is 12.0. The molecule has 0 unspecified atom stereocenters. The average molecular weight is 475 g/mol. The largest absolute Gasteiger partial charge is 0.379 e. The van der Waals surface area contributed by atoms with E-state index in [1.54, 1.807) is 6.92 Å². The quantitative estimate of drug-likeness (QED) is 0.549. The summed E-state index contributed by atoms with van der Waals surface area (Å²) in [5, 5.41) is 0.691. The Morgan fingerprint density at radius 2 is 1.73 bits per heavy atom. The summed E-state index contributed by atoms with van der Waals surface area (Å²) in [4.78, 5) is 2.33. The molecule has 0 aliphatic carbocycles. The Bertz CT molecular complexity index is 951. The molecule has 0 bridgehead atoms. The molecule has 0 N–H and O–H groups in total. The lowest BCUT2D eigenvalue weighted by Crippen LogP contribution is -2.41. The van der Waals surface area contributed by atoms with E-state index in [-0.39, 0.29) is 15.6 Å². The summed E-state index contributed by atoms with van der Waals surface area (Å²) in [6, 6.07) is 9.32. The Morgan fingerprint density at radius 1 is 1.10 bits per heavy atom. The molecule has 30 heavy (non-hydrogen) atoms. The van der Waals surface area contributed by atoms with E-state index >= 15 is 0 Å². The van der Waals surface area contributed by atoms with E-state index in [9.17, 15) is 12.8 Å². The van der Waals surface area contributed by atoms with Crippen LogP contribution in [0.5, 0.6) is 0 Å². The Labute approximate surface area is 187 Å². The van der Waals surface area contributed by atoms with E-state index < -0.39 is 21.9 Å². The van der Waals surface area contributed by atoms with Crippen LogP contribution in [0.2, 0.25) is 10.0 Å². The molecule has 2 aromatic carbocycles. The van der Waals surface area contributed by atoms with Crippen molar-refractivity contribution in [2.45, 2.75) is 30.7 Å². The first-order valence-electron chi connectivity index (χ1n) is 9.84. The number of benzene rings is 2. The Balaban J connectivity index is 1.87. The summed E-state index contributed by atoms with van der Waals surface area (Å²) in [6.07, 6.45) is 1.34. The topological polar surface area (TPSA) is 49.9 Å². The number of ether oxygens (including phenoxy) is 1. The van der Waals surface area contributed by atoms with Gasteiger partial charge in [-0.25, -0.2) is 12.8 Å². The molecule has 1 atom stereocenters. The summed E-state index contributed by atoms with van der Waals surface area (Å²) in [7, 11) is -4.02. The van der Waals surface area contributed by atoms with Gasteiger partial charge in [-0.2, -0.15) is 0 Å². The fourth-order valence-electron chi connectivity index (χ4n) is 3.53. The first-order chi connectivity index (χ1) is 14.3. The van der Waals surface area contributed by atoms with E-state index in [1.807, 2.05) is 0 Å². The maximum atomic E-state index is 14.7. The van der Waals surface area contributed by atoms with Crippen molar-refractivity contribution in [1.29, 1.82) is 0 Å². The highest BCUT2D eigenvalue weighted by atomic mass is 35.5. The van der Waals surface area contributed by atoms with Crippen LogP contribution in [0.3, 0.4) is 0 Å². The van der Waals surface area contributed by atoms with Crippen molar-refractivity contribution in [3.05, 3.63) is 58.3 Å². The molecule has 0 radical (unpaired) electrons. The summed E-state index contributed by atoms with van der Waals surface area (Å²) in [5.41, 5.74) is -0.0590. The third-order valence-electron chi connectivity index (χ3n) is 5.12. The first kappa shape index (κ1) is 23.3. The number of hydrogen-bond acceptors (Lipinski definition) is 4. The van der Waals surface area contributed by atoms with Crippen molar-refractivity contribution in [3.63, 3.8) is 0 Å². The van der Waals surface area contributed by atoms with E-state index in [2.05, 4.69) is 4.90 Å². The molecule has 164 valence electrons. The number of nitrogens with zero attached hydrogens (tertiary/aromatic N) is 2. The van der Waals surface area contributed by atoms with E-state index in [4.69, 9.17) is 27.9 Å². The fourth-order valence-corrected chi connectivity index (χ4v) is 5.51. The first-order valence-corrected chi connectivity index (χ1v) is 12.0. The number of sulfonamides is 1.